The Balaban J connectivity index is 5.17. The molecular weight excluding hydrogens is 1260 g/mol. The topological polar surface area (TPSA) is 237 Å². The summed E-state index contributed by atoms with van der Waals surface area (Å²) in [4.78, 5) is 72.7. The van der Waals surface area contributed by atoms with E-state index < -0.39 is 97.5 Å². The molecule has 0 amide bonds. The lowest BCUT2D eigenvalue weighted by Crippen LogP contribution is -2.30. The van der Waals surface area contributed by atoms with Gasteiger partial charge in [0.15, 0.2) is 12.2 Å². The second kappa shape index (κ2) is 70.1. The van der Waals surface area contributed by atoms with Gasteiger partial charge in [0.25, 0.3) is 0 Å². The minimum Gasteiger partial charge on any atom is -0.462 e. The van der Waals surface area contributed by atoms with Gasteiger partial charge in [-0.1, -0.05) is 356 Å². The predicted molar refractivity (Wildman–Crippen MR) is 391 cm³/mol. The maximum Gasteiger partial charge on any atom is 0.472 e. The van der Waals surface area contributed by atoms with Gasteiger partial charge in [0.05, 0.1) is 26.4 Å². The van der Waals surface area contributed by atoms with Gasteiger partial charge < -0.3 is 33.8 Å². The number of phosphoric acid groups is 2. The van der Waals surface area contributed by atoms with Gasteiger partial charge >= 0.3 is 39.5 Å². The first-order valence-electron chi connectivity index (χ1n) is 40.2. The van der Waals surface area contributed by atoms with E-state index in [1.54, 1.807) is 0 Å². The summed E-state index contributed by atoms with van der Waals surface area (Å²) in [5.74, 6) is -1.24. The Labute approximate surface area is 588 Å². The standard InChI is InChI=1S/C77H150O17P2/c1-6-10-13-16-19-22-25-26-34-37-42-46-51-56-61-75(80)88-67-73(94-77(82)63-58-53-48-43-38-35-32-30-28-27-29-31-33-36-39-44-49-54-59-70(5)9-4)69-92-96(85,86)90-65-71(78)64-89-95(83,84)91-68-72(93-76(81)62-57-52-47-41-24-21-18-15-12-8-3)66-87-74(79)60-55-50-45-40-23-20-17-14-11-7-2/h70-73,78H,6-69H2,1-5H3,(H,83,84)(H,85,86)/t70?,71-,72+,73+/m0/s1. The summed E-state index contributed by atoms with van der Waals surface area (Å²) in [7, 11) is -9.91. The minimum absolute atomic E-state index is 0.107. The van der Waals surface area contributed by atoms with Crippen LogP contribution in [0.15, 0.2) is 0 Å². The van der Waals surface area contributed by atoms with Crippen LogP contribution >= 0.6 is 15.6 Å². The first kappa shape index (κ1) is 94.1. The van der Waals surface area contributed by atoms with Crippen LogP contribution in [0.5, 0.6) is 0 Å². The van der Waals surface area contributed by atoms with Crippen LogP contribution in [0.2, 0.25) is 0 Å². The summed E-state index contributed by atoms with van der Waals surface area (Å²) >= 11 is 0. The average molecular weight is 1410 g/mol. The van der Waals surface area contributed by atoms with Crippen molar-refractivity contribution in [3.8, 4) is 0 Å². The fourth-order valence-corrected chi connectivity index (χ4v) is 13.4. The van der Waals surface area contributed by atoms with Crippen molar-refractivity contribution in [3.63, 3.8) is 0 Å². The third-order valence-electron chi connectivity index (χ3n) is 18.4. The molecule has 0 aliphatic carbocycles. The molecule has 0 aromatic rings. The van der Waals surface area contributed by atoms with Crippen LogP contribution in [-0.2, 0) is 65.4 Å². The summed E-state index contributed by atoms with van der Waals surface area (Å²) in [5.41, 5.74) is 0. The van der Waals surface area contributed by atoms with Gasteiger partial charge in [0.1, 0.15) is 19.3 Å². The number of rotatable bonds is 77. The number of hydrogen-bond acceptors (Lipinski definition) is 15. The summed E-state index contributed by atoms with van der Waals surface area (Å²) in [6.45, 7) is 7.35. The van der Waals surface area contributed by atoms with Crippen molar-refractivity contribution in [2.45, 2.75) is 425 Å². The Bertz CT molecular complexity index is 1840. The minimum atomic E-state index is -4.96. The van der Waals surface area contributed by atoms with Crippen molar-refractivity contribution in [1.82, 2.24) is 0 Å². The van der Waals surface area contributed by atoms with Crippen LogP contribution in [0.1, 0.15) is 407 Å². The number of hydrogen-bond donors (Lipinski definition) is 3. The highest BCUT2D eigenvalue weighted by Crippen LogP contribution is 2.45. The molecule has 0 saturated carbocycles. The van der Waals surface area contributed by atoms with Gasteiger partial charge in [-0.05, 0) is 31.6 Å². The fraction of sp³-hybridized carbons (Fsp3) is 0.948. The number of aliphatic hydroxyl groups is 1. The number of carbonyl (C=O) groups excluding carboxylic acids is 4. The predicted octanol–water partition coefficient (Wildman–Crippen LogP) is 22.9. The number of phosphoric ester groups is 2. The molecule has 17 nitrogen and oxygen atoms in total. The number of ether oxygens (including phenoxy) is 4. The second-order valence-corrected chi connectivity index (χ2v) is 30.9. The Kier molecular flexibility index (Phi) is 68.7. The van der Waals surface area contributed by atoms with Gasteiger partial charge in [-0.2, -0.15) is 0 Å². The van der Waals surface area contributed by atoms with Crippen molar-refractivity contribution in [2.75, 3.05) is 39.6 Å². The van der Waals surface area contributed by atoms with E-state index in [9.17, 15) is 43.2 Å². The summed E-state index contributed by atoms with van der Waals surface area (Å²) in [5, 5.41) is 10.6. The van der Waals surface area contributed by atoms with Crippen molar-refractivity contribution >= 4 is 39.5 Å². The highest BCUT2D eigenvalue weighted by atomic mass is 31.2. The third-order valence-corrected chi connectivity index (χ3v) is 20.3. The smallest absolute Gasteiger partial charge is 0.462 e. The molecule has 0 aromatic carbocycles. The molecule has 6 atom stereocenters. The Morgan fingerprint density at radius 3 is 0.740 bits per heavy atom. The molecule has 3 unspecified atom stereocenters. The first-order chi connectivity index (χ1) is 46.6. The molecule has 0 aromatic heterocycles. The second-order valence-electron chi connectivity index (χ2n) is 28.0. The zero-order valence-corrected chi connectivity index (χ0v) is 64.3. The van der Waals surface area contributed by atoms with Crippen LogP contribution in [-0.4, -0.2) is 96.7 Å². The normalized spacial score (nSPS) is 14.2. The average Bonchev–Trinajstić information content (AvgIpc) is 1.51. The van der Waals surface area contributed by atoms with Gasteiger partial charge in [0, 0.05) is 25.7 Å². The number of aliphatic hydroxyl groups excluding tert-OH is 1. The lowest BCUT2D eigenvalue weighted by molar-refractivity contribution is -0.161. The molecule has 0 saturated heterocycles. The quantitative estimate of drug-likeness (QED) is 0.0222. The van der Waals surface area contributed by atoms with Crippen molar-refractivity contribution < 1.29 is 80.2 Å². The lowest BCUT2D eigenvalue weighted by Gasteiger charge is -2.21. The molecule has 570 valence electrons. The lowest BCUT2D eigenvalue weighted by atomic mass is 9.99. The number of esters is 4. The van der Waals surface area contributed by atoms with Crippen LogP contribution in [0.25, 0.3) is 0 Å². The SMILES string of the molecule is CCCCCCCCCCCCCCCCC(=O)OC[C@H](COP(=O)(O)OC[C@@H](O)COP(=O)(O)OC[C@@H](COC(=O)CCCCCCCCCCCC)OC(=O)CCCCCCCCCCCC)OC(=O)CCCCCCCCCCCCCCCCCCCCC(C)CC. The molecule has 0 heterocycles. The Hall–Kier alpha value is -1.94. The van der Waals surface area contributed by atoms with Gasteiger partial charge in [-0.25, -0.2) is 9.13 Å². The number of carbonyl (C=O) groups is 4. The Morgan fingerprint density at radius 1 is 0.292 bits per heavy atom. The van der Waals surface area contributed by atoms with E-state index >= 15 is 0 Å². The van der Waals surface area contributed by atoms with E-state index in [-0.39, 0.29) is 25.7 Å². The molecule has 0 radical (unpaired) electrons. The highest BCUT2D eigenvalue weighted by molar-refractivity contribution is 7.47. The van der Waals surface area contributed by atoms with E-state index in [1.807, 2.05) is 0 Å². The highest BCUT2D eigenvalue weighted by Gasteiger charge is 2.30. The molecule has 3 N–H and O–H groups in total. The molecule has 0 spiro atoms. The maximum absolute atomic E-state index is 13.1. The molecule has 96 heavy (non-hydrogen) atoms. The van der Waals surface area contributed by atoms with Crippen LogP contribution in [0, 0.1) is 5.92 Å². The largest absolute Gasteiger partial charge is 0.472 e. The summed E-state index contributed by atoms with van der Waals surface area (Å²) < 4.78 is 68.5. The van der Waals surface area contributed by atoms with Crippen LogP contribution in [0.3, 0.4) is 0 Å². The molecule has 0 fully saturated rings. The fourth-order valence-electron chi connectivity index (χ4n) is 11.8. The molecule has 0 bridgehead atoms. The van der Waals surface area contributed by atoms with Gasteiger partial charge in [-0.3, -0.25) is 37.3 Å². The van der Waals surface area contributed by atoms with Gasteiger partial charge in [0.2, 0.25) is 0 Å². The summed E-state index contributed by atoms with van der Waals surface area (Å²) in [6, 6.07) is 0. The van der Waals surface area contributed by atoms with Crippen LogP contribution < -0.4 is 0 Å². The molecule has 0 aliphatic heterocycles. The van der Waals surface area contributed by atoms with E-state index in [1.165, 1.54) is 231 Å². The number of unbranched alkanes of at least 4 members (excludes halogenated alkanes) is 48. The van der Waals surface area contributed by atoms with Crippen molar-refractivity contribution in [2.24, 2.45) is 5.92 Å². The van der Waals surface area contributed by atoms with Gasteiger partial charge in [-0.15, -0.1) is 0 Å². The monoisotopic (exact) mass is 1410 g/mol. The third kappa shape index (κ3) is 69.2. The van der Waals surface area contributed by atoms with E-state index in [4.69, 9.17) is 37.0 Å². The Morgan fingerprint density at radius 2 is 0.500 bits per heavy atom. The zero-order chi connectivity index (χ0) is 70.5. The molecular formula is C77H150O17P2. The maximum atomic E-state index is 13.1. The van der Waals surface area contributed by atoms with Crippen molar-refractivity contribution in [3.05, 3.63) is 0 Å². The molecule has 0 aliphatic rings. The van der Waals surface area contributed by atoms with E-state index in [2.05, 4.69) is 34.6 Å². The van der Waals surface area contributed by atoms with E-state index in [0.29, 0.717) is 25.7 Å². The van der Waals surface area contributed by atoms with Crippen molar-refractivity contribution in [1.29, 1.82) is 0 Å². The zero-order valence-electron chi connectivity index (χ0n) is 62.5. The first-order valence-corrected chi connectivity index (χ1v) is 43.2. The molecule has 0 rings (SSSR count). The van der Waals surface area contributed by atoms with Crippen LogP contribution in [0.4, 0.5) is 0 Å². The van der Waals surface area contributed by atoms with E-state index in [0.717, 1.165) is 95.8 Å². The molecule has 19 heteroatoms. The summed E-state index contributed by atoms with van der Waals surface area (Å²) in [6.07, 6.45) is 59.6.